The lowest BCUT2D eigenvalue weighted by atomic mass is 10.0. The standard InChI is InChI=1S/C14H18Cl2N2S/c1-10(2)18-14(3,9-17)6-7-19-13-8-11(15)4-5-12(13)16/h4-5,8,10,18H,6-7H2,1-3H3. The number of nitriles is 1. The topological polar surface area (TPSA) is 35.8 Å². The zero-order valence-electron chi connectivity index (χ0n) is 11.3. The molecule has 1 aromatic carbocycles. The Morgan fingerprint density at radius 2 is 2.11 bits per heavy atom. The highest BCUT2D eigenvalue weighted by Crippen LogP contribution is 2.31. The molecule has 0 radical (unpaired) electrons. The van der Waals surface area contributed by atoms with Gasteiger partial charge >= 0.3 is 0 Å². The van der Waals surface area contributed by atoms with E-state index in [1.807, 2.05) is 26.8 Å². The first-order valence-corrected chi connectivity index (χ1v) is 7.87. The normalized spacial score (nSPS) is 14.2. The first-order chi connectivity index (χ1) is 8.86. The number of hydrogen-bond donors (Lipinski definition) is 1. The fraction of sp³-hybridized carbons (Fsp3) is 0.500. The number of benzene rings is 1. The van der Waals surface area contributed by atoms with Crippen molar-refractivity contribution in [2.24, 2.45) is 0 Å². The summed E-state index contributed by atoms with van der Waals surface area (Å²) < 4.78 is 0. The Hall–Kier alpha value is -0.400. The Bertz CT molecular complexity index is 471. The van der Waals surface area contributed by atoms with Crippen LogP contribution in [0, 0.1) is 11.3 Å². The van der Waals surface area contributed by atoms with E-state index < -0.39 is 5.54 Å². The molecular weight excluding hydrogens is 299 g/mol. The minimum atomic E-state index is -0.508. The minimum absolute atomic E-state index is 0.282. The lowest BCUT2D eigenvalue weighted by Crippen LogP contribution is -2.45. The highest BCUT2D eigenvalue weighted by atomic mass is 35.5. The smallest absolute Gasteiger partial charge is 0.104 e. The summed E-state index contributed by atoms with van der Waals surface area (Å²) in [6.45, 7) is 6.00. The molecule has 5 heteroatoms. The second-order valence-corrected chi connectivity index (χ2v) is 6.90. The summed E-state index contributed by atoms with van der Waals surface area (Å²) in [6, 6.07) is 8.04. The van der Waals surface area contributed by atoms with Crippen molar-refractivity contribution in [3.63, 3.8) is 0 Å². The van der Waals surface area contributed by atoms with Gasteiger partial charge in [0.25, 0.3) is 0 Å². The van der Waals surface area contributed by atoms with Crippen LogP contribution in [-0.4, -0.2) is 17.3 Å². The average Bonchev–Trinajstić information content (AvgIpc) is 2.32. The van der Waals surface area contributed by atoms with Crippen LogP contribution in [0.15, 0.2) is 23.1 Å². The third-order valence-electron chi connectivity index (χ3n) is 2.61. The number of nitrogens with zero attached hydrogens (tertiary/aromatic N) is 1. The fourth-order valence-electron chi connectivity index (χ4n) is 1.75. The van der Waals surface area contributed by atoms with E-state index in [0.717, 1.165) is 17.1 Å². The molecule has 19 heavy (non-hydrogen) atoms. The highest BCUT2D eigenvalue weighted by Gasteiger charge is 2.23. The summed E-state index contributed by atoms with van der Waals surface area (Å²) in [7, 11) is 0. The van der Waals surface area contributed by atoms with Crippen LogP contribution in [0.4, 0.5) is 0 Å². The van der Waals surface area contributed by atoms with E-state index in [4.69, 9.17) is 23.2 Å². The lowest BCUT2D eigenvalue weighted by Gasteiger charge is -2.25. The second kappa shape index (κ2) is 7.40. The molecule has 1 atom stereocenters. The minimum Gasteiger partial charge on any atom is -0.297 e. The van der Waals surface area contributed by atoms with Gasteiger partial charge in [-0.1, -0.05) is 23.2 Å². The van der Waals surface area contributed by atoms with E-state index in [1.54, 1.807) is 23.9 Å². The van der Waals surface area contributed by atoms with Crippen LogP contribution in [0.1, 0.15) is 27.2 Å². The van der Waals surface area contributed by atoms with Gasteiger partial charge in [-0.15, -0.1) is 11.8 Å². The highest BCUT2D eigenvalue weighted by molar-refractivity contribution is 7.99. The molecule has 0 aliphatic heterocycles. The van der Waals surface area contributed by atoms with Crippen molar-refractivity contribution >= 4 is 35.0 Å². The predicted molar refractivity (Wildman–Crippen MR) is 84.1 cm³/mol. The molecule has 0 aromatic heterocycles. The van der Waals surface area contributed by atoms with Gasteiger partial charge in [-0.3, -0.25) is 5.32 Å². The van der Waals surface area contributed by atoms with Crippen molar-refractivity contribution < 1.29 is 0 Å². The fourth-order valence-corrected chi connectivity index (χ4v) is 3.41. The molecule has 1 N–H and O–H groups in total. The molecule has 0 aliphatic carbocycles. The molecule has 0 bridgehead atoms. The molecule has 2 nitrogen and oxygen atoms in total. The number of rotatable bonds is 6. The number of hydrogen-bond acceptors (Lipinski definition) is 3. The molecule has 0 amide bonds. The molecule has 1 rings (SSSR count). The number of nitrogens with one attached hydrogen (secondary N) is 1. The molecule has 0 heterocycles. The van der Waals surface area contributed by atoms with Crippen LogP contribution < -0.4 is 5.32 Å². The van der Waals surface area contributed by atoms with E-state index in [1.165, 1.54) is 0 Å². The van der Waals surface area contributed by atoms with Crippen LogP contribution in [0.2, 0.25) is 10.0 Å². The van der Waals surface area contributed by atoms with Crippen molar-refractivity contribution in [3.05, 3.63) is 28.2 Å². The Morgan fingerprint density at radius 3 is 2.68 bits per heavy atom. The van der Waals surface area contributed by atoms with Gasteiger partial charge in [0, 0.05) is 21.7 Å². The maximum Gasteiger partial charge on any atom is 0.104 e. The molecule has 0 aliphatic rings. The van der Waals surface area contributed by atoms with Crippen LogP contribution >= 0.6 is 35.0 Å². The first kappa shape index (κ1) is 16.7. The summed E-state index contributed by atoms with van der Waals surface area (Å²) in [4.78, 5) is 0.957. The van der Waals surface area contributed by atoms with Crippen molar-refractivity contribution in [2.75, 3.05) is 5.75 Å². The van der Waals surface area contributed by atoms with Gasteiger partial charge in [0.1, 0.15) is 5.54 Å². The zero-order valence-corrected chi connectivity index (χ0v) is 13.7. The lowest BCUT2D eigenvalue weighted by molar-refractivity contribution is 0.397. The molecule has 1 aromatic rings. The molecule has 1 unspecified atom stereocenters. The molecule has 0 fully saturated rings. The van der Waals surface area contributed by atoms with Gasteiger partial charge in [0.2, 0.25) is 0 Å². The van der Waals surface area contributed by atoms with Crippen molar-refractivity contribution in [1.29, 1.82) is 5.26 Å². The summed E-state index contributed by atoms with van der Waals surface area (Å²) in [5, 5.41) is 13.9. The summed E-state index contributed by atoms with van der Waals surface area (Å²) in [5.41, 5.74) is -0.508. The van der Waals surface area contributed by atoms with Gasteiger partial charge in [-0.05, 0) is 45.4 Å². The Kier molecular flexibility index (Phi) is 6.49. The van der Waals surface area contributed by atoms with Gasteiger partial charge < -0.3 is 0 Å². The van der Waals surface area contributed by atoms with Crippen LogP contribution in [0.5, 0.6) is 0 Å². The maximum atomic E-state index is 9.26. The van der Waals surface area contributed by atoms with E-state index >= 15 is 0 Å². The van der Waals surface area contributed by atoms with Gasteiger partial charge in [0.15, 0.2) is 0 Å². The molecular formula is C14H18Cl2N2S. The monoisotopic (exact) mass is 316 g/mol. The molecule has 0 saturated carbocycles. The van der Waals surface area contributed by atoms with Crippen LogP contribution in [0.25, 0.3) is 0 Å². The molecule has 0 saturated heterocycles. The van der Waals surface area contributed by atoms with Crippen molar-refractivity contribution in [2.45, 2.75) is 43.7 Å². The van der Waals surface area contributed by atoms with Crippen LogP contribution in [0.3, 0.4) is 0 Å². The molecule has 104 valence electrons. The predicted octanol–water partition coefficient (Wildman–Crippen LogP) is 4.76. The quantitative estimate of drug-likeness (QED) is 0.769. The third-order valence-corrected chi connectivity index (χ3v) is 4.34. The van der Waals surface area contributed by atoms with Gasteiger partial charge in [-0.2, -0.15) is 5.26 Å². The number of halogens is 2. The van der Waals surface area contributed by atoms with E-state index in [-0.39, 0.29) is 6.04 Å². The largest absolute Gasteiger partial charge is 0.297 e. The van der Waals surface area contributed by atoms with E-state index in [9.17, 15) is 5.26 Å². The number of thioether (sulfide) groups is 1. The van der Waals surface area contributed by atoms with Crippen molar-refractivity contribution in [3.8, 4) is 6.07 Å². The van der Waals surface area contributed by atoms with Gasteiger partial charge in [-0.25, -0.2) is 0 Å². The maximum absolute atomic E-state index is 9.26. The third kappa shape index (κ3) is 5.62. The Morgan fingerprint density at radius 1 is 1.42 bits per heavy atom. The molecule has 0 spiro atoms. The van der Waals surface area contributed by atoms with E-state index in [0.29, 0.717) is 10.0 Å². The average molecular weight is 317 g/mol. The summed E-state index contributed by atoms with van der Waals surface area (Å²) in [6.07, 6.45) is 0.745. The second-order valence-electron chi connectivity index (χ2n) is 4.92. The Labute approximate surface area is 129 Å². The van der Waals surface area contributed by atoms with Crippen LogP contribution in [-0.2, 0) is 0 Å². The van der Waals surface area contributed by atoms with Crippen molar-refractivity contribution in [1.82, 2.24) is 5.32 Å². The summed E-state index contributed by atoms with van der Waals surface area (Å²) in [5.74, 6) is 0.809. The van der Waals surface area contributed by atoms with E-state index in [2.05, 4.69) is 11.4 Å². The van der Waals surface area contributed by atoms with Gasteiger partial charge in [0.05, 0.1) is 11.1 Å². The first-order valence-electron chi connectivity index (χ1n) is 6.13. The zero-order chi connectivity index (χ0) is 14.5. The summed E-state index contributed by atoms with van der Waals surface area (Å²) >= 11 is 13.7. The SMILES string of the molecule is CC(C)NC(C)(C#N)CCSc1cc(Cl)ccc1Cl. The Balaban J connectivity index is 2.58.